The van der Waals surface area contributed by atoms with Crippen LogP contribution < -0.4 is 5.32 Å². The minimum Gasteiger partial charge on any atom is -0.465 e. The highest BCUT2D eigenvalue weighted by Crippen LogP contribution is 2.39. The highest BCUT2D eigenvalue weighted by Gasteiger charge is 2.29. The van der Waals surface area contributed by atoms with Gasteiger partial charge in [-0.15, -0.1) is 11.3 Å². The molecule has 1 N–H and O–H groups in total. The van der Waals surface area contributed by atoms with Crippen LogP contribution in [-0.2, 0) is 34.1 Å². The van der Waals surface area contributed by atoms with Crippen LogP contribution in [0.5, 0.6) is 0 Å². The topological polar surface area (TPSA) is 92.8 Å². The van der Waals surface area contributed by atoms with Gasteiger partial charge in [0.25, 0.3) is 5.91 Å². The fraction of sp³-hybridized carbons (Fsp3) is 0.308. The van der Waals surface area contributed by atoms with Crippen LogP contribution in [0.2, 0.25) is 0 Å². The highest BCUT2D eigenvalue weighted by molar-refractivity contribution is 7.89. The van der Waals surface area contributed by atoms with Crippen molar-refractivity contribution in [1.82, 2.24) is 4.31 Å². The van der Waals surface area contributed by atoms with Gasteiger partial charge >= 0.3 is 5.97 Å². The van der Waals surface area contributed by atoms with Gasteiger partial charge in [-0.05, 0) is 68.5 Å². The van der Waals surface area contributed by atoms with Gasteiger partial charge in [-0.2, -0.15) is 4.31 Å². The summed E-state index contributed by atoms with van der Waals surface area (Å²) in [6, 6.07) is 15.0. The number of carbonyl (C=O) groups excluding carboxylic acids is 2. The van der Waals surface area contributed by atoms with Crippen molar-refractivity contribution in [1.29, 1.82) is 0 Å². The van der Waals surface area contributed by atoms with E-state index >= 15 is 0 Å². The molecule has 0 unspecified atom stereocenters. The van der Waals surface area contributed by atoms with Crippen LogP contribution in [0.25, 0.3) is 0 Å². The standard InChI is InChI=1S/C26H28N2O5S2/c1-17(2)28(16-18-8-5-4-6-9-18)35(31,32)20-14-12-19(13-15-20)24(29)27-25-23(26(30)33-3)21-10-7-11-22(21)34-25/h4-6,8-9,12-15,17H,7,10-11,16H2,1-3H3,(H,27,29). The SMILES string of the molecule is COC(=O)c1c(NC(=O)c2ccc(S(=O)(=O)N(Cc3ccccc3)C(C)C)cc2)sc2c1CCC2. The molecule has 1 aliphatic rings. The van der Waals surface area contributed by atoms with Crippen LogP contribution in [-0.4, -0.2) is 37.8 Å². The second-order valence-electron chi connectivity index (χ2n) is 8.66. The molecule has 0 radical (unpaired) electrons. The Morgan fingerprint density at radius 2 is 1.74 bits per heavy atom. The molecule has 0 spiro atoms. The average molecular weight is 513 g/mol. The number of esters is 1. The molecule has 0 aliphatic heterocycles. The number of benzene rings is 2. The molecule has 1 heterocycles. The van der Waals surface area contributed by atoms with Gasteiger partial charge in [-0.1, -0.05) is 30.3 Å². The summed E-state index contributed by atoms with van der Waals surface area (Å²) in [5.74, 6) is -0.877. The summed E-state index contributed by atoms with van der Waals surface area (Å²) < 4.78 is 33.1. The molecule has 1 aliphatic carbocycles. The first-order valence-electron chi connectivity index (χ1n) is 11.4. The van der Waals surface area contributed by atoms with Gasteiger partial charge in [-0.25, -0.2) is 13.2 Å². The van der Waals surface area contributed by atoms with E-state index in [0.29, 0.717) is 16.1 Å². The predicted octanol–water partition coefficient (Wildman–Crippen LogP) is 4.88. The van der Waals surface area contributed by atoms with Crippen molar-refractivity contribution in [3.8, 4) is 0 Å². The van der Waals surface area contributed by atoms with Crippen molar-refractivity contribution in [2.45, 2.75) is 50.6 Å². The van der Waals surface area contributed by atoms with E-state index < -0.39 is 21.9 Å². The average Bonchev–Trinajstić information content (AvgIpc) is 3.43. The lowest BCUT2D eigenvalue weighted by Gasteiger charge is -2.26. The molecular weight excluding hydrogens is 484 g/mol. The first-order chi connectivity index (χ1) is 16.7. The third-order valence-electron chi connectivity index (χ3n) is 6.02. The number of anilines is 1. The number of nitrogens with one attached hydrogen (secondary N) is 1. The van der Waals surface area contributed by atoms with Crippen molar-refractivity contribution >= 4 is 38.2 Å². The fourth-order valence-corrected chi connectivity index (χ4v) is 7.11. The maximum atomic E-state index is 13.4. The second kappa shape index (κ2) is 10.3. The Bertz CT molecular complexity index is 1330. The summed E-state index contributed by atoms with van der Waals surface area (Å²) in [6.45, 7) is 3.92. The zero-order valence-corrected chi connectivity index (χ0v) is 21.5. The molecule has 0 bridgehead atoms. The van der Waals surface area contributed by atoms with Gasteiger partial charge < -0.3 is 10.1 Å². The van der Waals surface area contributed by atoms with Crippen molar-refractivity contribution in [2.75, 3.05) is 12.4 Å². The Hall–Kier alpha value is -3.01. The number of ether oxygens (including phenoxy) is 1. The minimum absolute atomic E-state index is 0.115. The van der Waals surface area contributed by atoms with E-state index in [-0.39, 0.29) is 17.5 Å². The summed E-state index contributed by atoms with van der Waals surface area (Å²) in [7, 11) is -2.45. The van der Waals surface area contributed by atoms with E-state index in [1.54, 1.807) is 0 Å². The monoisotopic (exact) mass is 512 g/mol. The lowest BCUT2D eigenvalue weighted by atomic mass is 10.1. The summed E-state index contributed by atoms with van der Waals surface area (Å²) >= 11 is 1.40. The second-order valence-corrected chi connectivity index (χ2v) is 11.7. The number of fused-ring (bicyclic) bond motifs is 1. The number of methoxy groups -OCH3 is 1. The number of thiophene rings is 1. The number of amides is 1. The minimum atomic E-state index is -3.78. The van der Waals surface area contributed by atoms with Gasteiger partial charge in [0.2, 0.25) is 10.0 Å². The Kier molecular flexibility index (Phi) is 7.39. The molecule has 4 rings (SSSR count). The lowest BCUT2D eigenvalue weighted by Crippen LogP contribution is -2.36. The van der Waals surface area contributed by atoms with Gasteiger partial charge in [0.05, 0.1) is 17.6 Å². The molecule has 0 saturated heterocycles. The number of rotatable bonds is 8. The number of nitrogens with zero attached hydrogens (tertiary/aromatic N) is 1. The summed E-state index contributed by atoms with van der Waals surface area (Å²) in [5.41, 5.74) is 2.56. The number of carbonyl (C=O) groups is 2. The number of hydrogen-bond donors (Lipinski definition) is 1. The van der Waals surface area contributed by atoms with Crippen LogP contribution >= 0.6 is 11.3 Å². The molecule has 0 atom stereocenters. The summed E-state index contributed by atoms with van der Waals surface area (Å²) in [6.07, 6.45) is 2.64. The van der Waals surface area contributed by atoms with E-state index in [0.717, 1.165) is 35.3 Å². The fourth-order valence-electron chi connectivity index (χ4n) is 4.21. The molecule has 184 valence electrons. The van der Waals surface area contributed by atoms with E-state index in [1.165, 1.54) is 47.0 Å². The first-order valence-corrected chi connectivity index (χ1v) is 13.7. The van der Waals surface area contributed by atoms with Crippen LogP contribution in [0.3, 0.4) is 0 Å². The third-order valence-corrected chi connectivity index (χ3v) is 9.26. The quantitative estimate of drug-likeness (QED) is 0.435. The highest BCUT2D eigenvalue weighted by atomic mass is 32.2. The van der Waals surface area contributed by atoms with Crippen molar-refractivity contribution in [2.24, 2.45) is 0 Å². The summed E-state index contributed by atoms with van der Waals surface area (Å²) in [4.78, 5) is 26.5. The van der Waals surface area contributed by atoms with Gasteiger partial charge in [0.1, 0.15) is 5.00 Å². The smallest absolute Gasteiger partial charge is 0.341 e. The Morgan fingerprint density at radius 3 is 2.37 bits per heavy atom. The van der Waals surface area contributed by atoms with Gasteiger partial charge in [0, 0.05) is 23.0 Å². The molecule has 0 fully saturated rings. The Balaban J connectivity index is 1.55. The van der Waals surface area contributed by atoms with Crippen LogP contribution in [0.15, 0.2) is 59.5 Å². The summed E-state index contributed by atoms with van der Waals surface area (Å²) in [5, 5.41) is 3.29. The Labute approximate surface area is 209 Å². The van der Waals surface area contributed by atoms with E-state index in [1.807, 2.05) is 44.2 Å². The normalized spacial score (nSPS) is 13.2. The van der Waals surface area contributed by atoms with Crippen LogP contribution in [0.1, 0.15) is 57.0 Å². The molecule has 35 heavy (non-hydrogen) atoms. The zero-order chi connectivity index (χ0) is 25.2. The molecule has 1 aromatic heterocycles. The van der Waals surface area contributed by atoms with Gasteiger partial charge in [-0.3, -0.25) is 4.79 Å². The van der Waals surface area contributed by atoms with Crippen molar-refractivity contribution < 1.29 is 22.7 Å². The third kappa shape index (κ3) is 5.17. The van der Waals surface area contributed by atoms with E-state index in [4.69, 9.17) is 4.74 Å². The van der Waals surface area contributed by atoms with E-state index in [9.17, 15) is 18.0 Å². The zero-order valence-electron chi connectivity index (χ0n) is 19.9. The van der Waals surface area contributed by atoms with Crippen molar-refractivity contribution in [3.05, 3.63) is 81.7 Å². The molecule has 1 amide bonds. The molecule has 3 aromatic rings. The van der Waals surface area contributed by atoms with Crippen LogP contribution in [0, 0.1) is 0 Å². The lowest BCUT2D eigenvalue weighted by molar-refractivity contribution is 0.0601. The Morgan fingerprint density at radius 1 is 1.06 bits per heavy atom. The maximum absolute atomic E-state index is 13.4. The molecule has 7 nitrogen and oxygen atoms in total. The maximum Gasteiger partial charge on any atom is 0.341 e. The molecule has 9 heteroatoms. The molecular formula is C26H28N2O5S2. The predicted molar refractivity (Wildman–Crippen MR) is 136 cm³/mol. The largest absolute Gasteiger partial charge is 0.465 e. The van der Waals surface area contributed by atoms with E-state index in [2.05, 4.69) is 5.32 Å². The molecule has 0 saturated carbocycles. The van der Waals surface area contributed by atoms with Crippen LogP contribution in [0.4, 0.5) is 5.00 Å². The number of hydrogen-bond acceptors (Lipinski definition) is 6. The number of sulfonamides is 1. The number of aryl methyl sites for hydroxylation is 1. The molecule has 2 aromatic carbocycles. The van der Waals surface area contributed by atoms with Gasteiger partial charge in [0.15, 0.2) is 0 Å². The first kappa shape index (κ1) is 25.1. The van der Waals surface area contributed by atoms with Crippen molar-refractivity contribution in [3.63, 3.8) is 0 Å².